The smallest absolute Gasteiger partial charge is 0.243 e. The summed E-state index contributed by atoms with van der Waals surface area (Å²) in [5, 5.41) is 3.02. The third kappa shape index (κ3) is 4.79. The van der Waals surface area contributed by atoms with E-state index in [-0.39, 0.29) is 29.3 Å². The van der Waals surface area contributed by atoms with Crippen LogP contribution in [0.15, 0.2) is 53.4 Å². The maximum absolute atomic E-state index is 13.1. The highest BCUT2D eigenvalue weighted by Gasteiger charge is 2.34. The van der Waals surface area contributed by atoms with Gasteiger partial charge in [-0.3, -0.25) is 4.79 Å². The van der Waals surface area contributed by atoms with Crippen LogP contribution >= 0.6 is 0 Å². The summed E-state index contributed by atoms with van der Waals surface area (Å²) in [6, 6.07) is 14.5. The van der Waals surface area contributed by atoms with Gasteiger partial charge in [0.1, 0.15) is 5.75 Å². The van der Waals surface area contributed by atoms with E-state index in [4.69, 9.17) is 4.74 Å². The maximum Gasteiger partial charge on any atom is 0.243 e. The highest BCUT2D eigenvalue weighted by molar-refractivity contribution is 7.89. The van der Waals surface area contributed by atoms with E-state index in [1.54, 1.807) is 25.3 Å². The van der Waals surface area contributed by atoms with Gasteiger partial charge < -0.3 is 10.1 Å². The summed E-state index contributed by atoms with van der Waals surface area (Å²) in [6.45, 7) is 4.37. The number of hydrogen-bond acceptors (Lipinski definition) is 4. The second kappa shape index (κ2) is 8.97. The van der Waals surface area contributed by atoms with Crippen molar-refractivity contribution in [3.05, 3.63) is 59.7 Å². The molecule has 2 aromatic rings. The van der Waals surface area contributed by atoms with E-state index in [2.05, 4.69) is 5.32 Å². The van der Waals surface area contributed by atoms with Gasteiger partial charge in [0.2, 0.25) is 15.9 Å². The number of sulfonamides is 1. The molecule has 29 heavy (non-hydrogen) atoms. The number of methoxy groups -OCH3 is 1. The van der Waals surface area contributed by atoms with Crippen molar-refractivity contribution in [3.8, 4) is 5.75 Å². The summed E-state index contributed by atoms with van der Waals surface area (Å²) in [6.07, 6.45) is 1.34. The number of benzene rings is 2. The number of nitrogens with one attached hydrogen (secondary N) is 1. The second-order valence-electron chi connectivity index (χ2n) is 7.47. The summed E-state index contributed by atoms with van der Waals surface area (Å²) >= 11 is 0. The highest BCUT2D eigenvalue weighted by atomic mass is 32.2. The van der Waals surface area contributed by atoms with E-state index in [1.165, 1.54) is 4.31 Å². The number of carbonyl (C=O) groups excluding carboxylic acids is 1. The molecule has 1 aliphatic heterocycles. The van der Waals surface area contributed by atoms with E-state index in [1.807, 2.05) is 44.2 Å². The van der Waals surface area contributed by atoms with Crippen molar-refractivity contribution in [3.63, 3.8) is 0 Å². The predicted molar refractivity (Wildman–Crippen MR) is 112 cm³/mol. The first-order valence-corrected chi connectivity index (χ1v) is 11.3. The number of carbonyl (C=O) groups is 1. The molecule has 2 atom stereocenters. The molecule has 1 heterocycles. The SMILES string of the molecule is COc1ccc(S(=O)(=O)N2CCC[C@H](C(=O)N[C@H](C)c3ccccc3)C2)cc1C. The van der Waals surface area contributed by atoms with Gasteiger partial charge in [0.15, 0.2) is 0 Å². The Morgan fingerprint density at radius 1 is 1.21 bits per heavy atom. The number of aryl methyl sites for hydroxylation is 1. The van der Waals surface area contributed by atoms with E-state index in [0.717, 1.165) is 11.1 Å². The van der Waals surface area contributed by atoms with Gasteiger partial charge in [-0.25, -0.2) is 8.42 Å². The summed E-state index contributed by atoms with van der Waals surface area (Å²) in [7, 11) is -2.10. The third-order valence-electron chi connectivity index (χ3n) is 5.42. The molecule has 0 radical (unpaired) electrons. The van der Waals surface area contributed by atoms with Gasteiger partial charge in [0.25, 0.3) is 0 Å². The number of nitrogens with zero attached hydrogens (tertiary/aromatic N) is 1. The Bertz CT molecular complexity index is 960. The number of hydrogen-bond donors (Lipinski definition) is 1. The Hall–Kier alpha value is -2.38. The largest absolute Gasteiger partial charge is 0.496 e. The molecule has 6 nitrogen and oxygen atoms in total. The zero-order valence-corrected chi connectivity index (χ0v) is 17.9. The van der Waals surface area contributed by atoms with Gasteiger partial charge in [0.05, 0.1) is 24.0 Å². The van der Waals surface area contributed by atoms with E-state index < -0.39 is 10.0 Å². The fourth-order valence-corrected chi connectivity index (χ4v) is 5.30. The van der Waals surface area contributed by atoms with Crippen LogP contribution in [0.25, 0.3) is 0 Å². The fraction of sp³-hybridized carbons (Fsp3) is 0.409. The molecular weight excluding hydrogens is 388 g/mol. The molecule has 0 saturated carbocycles. The molecule has 2 aromatic carbocycles. The minimum absolute atomic E-state index is 0.104. The van der Waals surface area contributed by atoms with Crippen LogP contribution in [-0.2, 0) is 14.8 Å². The molecule has 0 aromatic heterocycles. The lowest BCUT2D eigenvalue weighted by Gasteiger charge is -2.32. The fourth-order valence-electron chi connectivity index (χ4n) is 3.69. The topological polar surface area (TPSA) is 75.7 Å². The normalized spacial score (nSPS) is 18.8. The van der Waals surface area contributed by atoms with Gasteiger partial charge in [-0.15, -0.1) is 0 Å². The van der Waals surface area contributed by atoms with Gasteiger partial charge in [0, 0.05) is 13.1 Å². The standard InChI is InChI=1S/C22H28N2O4S/c1-16-14-20(11-12-21(16)28-3)29(26,27)24-13-7-10-19(15-24)22(25)23-17(2)18-8-5-4-6-9-18/h4-6,8-9,11-12,14,17,19H,7,10,13,15H2,1-3H3,(H,23,25)/t17-,19+/m1/s1. The lowest BCUT2D eigenvalue weighted by molar-refractivity contribution is -0.126. The highest BCUT2D eigenvalue weighted by Crippen LogP contribution is 2.27. The minimum atomic E-state index is -3.66. The summed E-state index contributed by atoms with van der Waals surface area (Å²) in [5.74, 6) is 0.186. The molecule has 0 unspecified atom stereocenters. The molecule has 3 rings (SSSR count). The van der Waals surface area contributed by atoms with Crippen LogP contribution in [0.1, 0.15) is 36.9 Å². The van der Waals surface area contributed by atoms with Crippen LogP contribution in [-0.4, -0.2) is 38.8 Å². The molecule has 1 saturated heterocycles. The van der Waals surface area contributed by atoms with Crippen molar-refractivity contribution in [1.29, 1.82) is 0 Å². The zero-order chi connectivity index (χ0) is 21.0. The maximum atomic E-state index is 13.1. The van der Waals surface area contributed by atoms with Crippen LogP contribution in [0.2, 0.25) is 0 Å². The zero-order valence-electron chi connectivity index (χ0n) is 17.1. The van der Waals surface area contributed by atoms with E-state index in [9.17, 15) is 13.2 Å². The number of piperidine rings is 1. The summed E-state index contributed by atoms with van der Waals surface area (Å²) < 4.78 is 32.9. The Morgan fingerprint density at radius 2 is 1.93 bits per heavy atom. The van der Waals surface area contributed by atoms with E-state index in [0.29, 0.717) is 25.1 Å². The van der Waals surface area contributed by atoms with Crippen LogP contribution in [0.3, 0.4) is 0 Å². The Labute approximate surface area is 172 Å². The van der Waals surface area contributed by atoms with Gasteiger partial charge in [-0.2, -0.15) is 4.31 Å². The number of amides is 1. The minimum Gasteiger partial charge on any atom is -0.496 e. The molecule has 0 aliphatic carbocycles. The Kier molecular flexibility index (Phi) is 6.59. The quantitative estimate of drug-likeness (QED) is 0.784. The van der Waals surface area contributed by atoms with Crippen LogP contribution < -0.4 is 10.1 Å². The predicted octanol–water partition coefficient (Wildman–Crippen LogP) is 3.28. The lowest BCUT2D eigenvalue weighted by atomic mass is 9.98. The molecule has 1 N–H and O–H groups in total. The molecular formula is C22H28N2O4S. The van der Waals surface area contributed by atoms with Crippen LogP contribution in [0.4, 0.5) is 0 Å². The van der Waals surface area contributed by atoms with Crippen molar-refractivity contribution < 1.29 is 17.9 Å². The third-order valence-corrected chi connectivity index (χ3v) is 7.28. The molecule has 0 spiro atoms. The molecule has 7 heteroatoms. The van der Waals surface area contributed by atoms with Crippen molar-refractivity contribution in [2.24, 2.45) is 5.92 Å². The average molecular weight is 417 g/mol. The Balaban J connectivity index is 1.71. The van der Waals surface area contributed by atoms with Crippen molar-refractivity contribution >= 4 is 15.9 Å². The monoisotopic (exact) mass is 416 g/mol. The second-order valence-corrected chi connectivity index (χ2v) is 9.41. The summed E-state index contributed by atoms with van der Waals surface area (Å²) in [4.78, 5) is 13.0. The van der Waals surface area contributed by atoms with Gasteiger partial charge in [-0.05, 0) is 56.0 Å². The molecule has 1 fully saturated rings. The van der Waals surface area contributed by atoms with Crippen LogP contribution in [0.5, 0.6) is 5.75 Å². The molecule has 1 aliphatic rings. The first-order chi connectivity index (χ1) is 13.8. The van der Waals surface area contributed by atoms with E-state index >= 15 is 0 Å². The number of rotatable bonds is 6. The average Bonchev–Trinajstić information content (AvgIpc) is 2.74. The van der Waals surface area contributed by atoms with Crippen molar-refractivity contribution in [1.82, 2.24) is 9.62 Å². The Morgan fingerprint density at radius 3 is 2.59 bits per heavy atom. The molecule has 1 amide bonds. The first kappa shape index (κ1) is 21.3. The van der Waals surface area contributed by atoms with Gasteiger partial charge >= 0.3 is 0 Å². The first-order valence-electron chi connectivity index (χ1n) is 9.83. The van der Waals surface area contributed by atoms with Crippen molar-refractivity contribution in [2.45, 2.75) is 37.6 Å². The molecule has 0 bridgehead atoms. The molecule has 156 valence electrons. The van der Waals surface area contributed by atoms with Crippen molar-refractivity contribution in [2.75, 3.05) is 20.2 Å². The lowest BCUT2D eigenvalue weighted by Crippen LogP contribution is -2.45. The van der Waals surface area contributed by atoms with Gasteiger partial charge in [-0.1, -0.05) is 30.3 Å². The van der Waals surface area contributed by atoms with Crippen LogP contribution in [0, 0.1) is 12.8 Å². The summed E-state index contributed by atoms with van der Waals surface area (Å²) in [5.41, 5.74) is 1.78. The number of ether oxygens (including phenoxy) is 1.